The van der Waals surface area contributed by atoms with Crippen LogP contribution in [0.4, 0.5) is 4.39 Å². The molecule has 0 atom stereocenters. The maximum absolute atomic E-state index is 13.2. The van der Waals surface area contributed by atoms with E-state index in [9.17, 15) is 4.39 Å². The highest BCUT2D eigenvalue weighted by atomic mass is 32.1. The Morgan fingerprint density at radius 1 is 0.933 bits per heavy atom. The molecule has 0 amide bonds. The fraction of sp³-hybridized carbons (Fsp3) is 0.100. The van der Waals surface area contributed by atoms with E-state index in [1.54, 1.807) is 30.9 Å². The van der Waals surface area contributed by atoms with Gasteiger partial charge in [0.15, 0.2) is 11.5 Å². The number of halogens is 1. The summed E-state index contributed by atoms with van der Waals surface area (Å²) in [6.07, 6.45) is 0. The van der Waals surface area contributed by atoms with E-state index < -0.39 is 0 Å². The number of aromatic nitrogens is 6. The summed E-state index contributed by atoms with van der Waals surface area (Å²) in [5.74, 6) is 1.52. The van der Waals surface area contributed by atoms with Gasteiger partial charge in [-0.1, -0.05) is 11.3 Å². The van der Waals surface area contributed by atoms with Crippen LogP contribution in [0, 0.1) is 5.82 Å². The molecule has 1 N–H and O–H groups in total. The maximum atomic E-state index is 13.2. The number of nitrogens with one attached hydrogen (secondary N) is 1. The molecule has 3 aromatic heterocycles. The normalized spacial score (nSPS) is 11.2. The highest BCUT2D eigenvalue weighted by molar-refractivity contribution is 7.19. The van der Waals surface area contributed by atoms with Crippen LogP contribution in [0.2, 0.25) is 0 Å². The zero-order chi connectivity index (χ0) is 20.7. The van der Waals surface area contributed by atoms with E-state index in [-0.39, 0.29) is 5.82 Å². The van der Waals surface area contributed by atoms with Crippen molar-refractivity contribution in [3.8, 4) is 44.8 Å². The second-order valence-corrected chi connectivity index (χ2v) is 7.32. The molecule has 0 aliphatic rings. The van der Waals surface area contributed by atoms with Crippen LogP contribution in [0.25, 0.3) is 38.3 Å². The van der Waals surface area contributed by atoms with Gasteiger partial charge in [-0.25, -0.2) is 4.39 Å². The molecule has 0 saturated carbocycles. The monoisotopic (exact) mass is 422 g/mol. The van der Waals surface area contributed by atoms with Gasteiger partial charge in [0.2, 0.25) is 10.8 Å². The predicted octanol–water partition coefficient (Wildman–Crippen LogP) is 4.07. The summed E-state index contributed by atoms with van der Waals surface area (Å²) >= 11 is 1.41. The highest BCUT2D eigenvalue weighted by Gasteiger charge is 2.18. The molecule has 0 spiro atoms. The van der Waals surface area contributed by atoms with Crippen LogP contribution in [0.3, 0.4) is 0 Å². The molecule has 150 valence electrons. The standard InChI is InChI=1S/C20H15FN6O2S/c1-28-16-8-5-12(9-17(16)29-2)19-26-27-18(24-25-20(27)30-19)15-10-14(22-23-15)11-3-6-13(21)7-4-11/h3-10H,1-2H3,(H,22,23). The molecule has 0 aliphatic carbocycles. The Morgan fingerprint density at radius 2 is 1.70 bits per heavy atom. The zero-order valence-corrected chi connectivity index (χ0v) is 16.8. The van der Waals surface area contributed by atoms with Crippen molar-refractivity contribution in [1.29, 1.82) is 0 Å². The van der Waals surface area contributed by atoms with Crippen LogP contribution in [0.5, 0.6) is 11.5 Å². The Hall–Kier alpha value is -3.79. The van der Waals surface area contributed by atoms with E-state index >= 15 is 0 Å². The third kappa shape index (κ3) is 3.07. The summed E-state index contributed by atoms with van der Waals surface area (Å²) in [5, 5.41) is 21.1. The van der Waals surface area contributed by atoms with Crippen molar-refractivity contribution in [2.75, 3.05) is 14.2 Å². The second kappa shape index (κ2) is 7.23. The summed E-state index contributed by atoms with van der Waals surface area (Å²) in [4.78, 5) is 0.646. The van der Waals surface area contributed by atoms with Crippen LogP contribution >= 0.6 is 11.3 Å². The SMILES string of the molecule is COc1ccc(-c2nn3c(-c4cc(-c5ccc(F)cc5)n[nH]4)nnc3s2)cc1OC. The molecule has 5 rings (SSSR count). The lowest BCUT2D eigenvalue weighted by Crippen LogP contribution is -1.93. The first-order valence-corrected chi connectivity index (χ1v) is 9.74. The molecule has 0 saturated heterocycles. The fourth-order valence-corrected chi connectivity index (χ4v) is 3.91. The molecule has 3 heterocycles. The van der Waals surface area contributed by atoms with Gasteiger partial charge in [-0.05, 0) is 48.5 Å². The number of rotatable bonds is 5. The van der Waals surface area contributed by atoms with Crippen LogP contribution in [0.15, 0.2) is 48.5 Å². The summed E-state index contributed by atoms with van der Waals surface area (Å²) in [6.45, 7) is 0. The Labute approximate surface area is 173 Å². The molecule has 0 fully saturated rings. The second-order valence-electron chi connectivity index (χ2n) is 6.37. The van der Waals surface area contributed by atoms with E-state index in [0.717, 1.165) is 16.1 Å². The lowest BCUT2D eigenvalue weighted by molar-refractivity contribution is 0.355. The number of aromatic amines is 1. The molecule has 10 heteroatoms. The van der Waals surface area contributed by atoms with Crippen molar-refractivity contribution < 1.29 is 13.9 Å². The number of nitrogens with zero attached hydrogens (tertiary/aromatic N) is 5. The Kier molecular flexibility index (Phi) is 4.40. The van der Waals surface area contributed by atoms with E-state index in [4.69, 9.17) is 9.47 Å². The smallest absolute Gasteiger partial charge is 0.235 e. The topological polar surface area (TPSA) is 90.2 Å². The van der Waals surface area contributed by atoms with Gasteiger partial charge >= 0.3 is 0 Å². The first-order chi connectivity index (χ1) is 14.7. The summed E-state index contributed by atoms with van der Waals surface area (Å²) < 4.78 is 25.5. The van der Waals surface area contributed by atoms with Gasteiger partial charge in [0.05, 0.1) is 19.9 Å². The fourth-order valence-electron chi connectivity index (χ4n) is 3.08. The number of methoxy groups -OCH3 is 2. The zero-order valence-electron chi connectivity index (χ0n) is 16.0. The number of ether oxygens (including phenoxy) is 2. The van der Waals surface area contributed by atoms with Gasteiger partial charge in [0.25, 0.3) is 0 Å². The summed E-state index contributed by atoms with van der Waals surface area (Å²) in [6, 6.07) is 13.6. The van der Waals surface area contributed by atoms with Crippen molar-refractivity contribution in [3.05, 3.63) is 54.3 Å². The minimum atomic E-state index is -0.293. The molecule has 0 unspecified atom stereocenters. The number of fused-ring (bicyclic) bond motifs is 1. The third-order valence-electron chi connectivity index (χ3n) is 4.58. The van der Waals surface area contributed by atoms with E-state index in [0.29, 0.717) is 33.7 Å². The number of benzene rings is 2. The molecular weight excluding hydrogens is 407 g/mol. The van der Waals surface area contributed by atoms with Crippen molar-refractivity contribution >= 4 is 16.3 Å². The summed E-state index contributed by atoms with van der Waals surface area (Å²) in [7, 11) is 3.19. The Bertz CT molecular complexity index is 1340. The van der Waals surface area contributed by atoms with Crippen LogP contribution in [-0.4, -0.2) is 44.2 Å². The van der Waals surface area contributed by atoms with Crippen molar-refractivity contribution in [1.82, 2.24) is 30.0 Å². The quantitative estimate of drug-likeness (QED) is 0.459. The Balaban J connectivity index is 1.52. The Morgan fingerprint density at radius 3 is 2.47 bits per heavy atom. The molecule has 8 nitrogen and oxygen atoms in total. The largest absolute Gasteiger partial charge is 0.493 e. The van der Waals surface area contributed by atoms with E-state index in [1.165, 1.54) is 23.5 Å². The first kappa shape index (κ1) is 18.3. The molecule has 0 bridgehead atoms. The van der Waals surface area contributed by atoms with Gasteiger partial charge in [0, 0.05) is 11.1 Å². The highest BCUT2D eigenvalue weighted by Crippen LogP contribution is 2.34. The number of hydrogen-bond acceptors (Lipinski definition) is 7. The molecule has 5 aromatic rings. The van der Waals surface area contributed by atoms with E-state index in [2.05, 4.69) is 25.5 Å². The van der Waals surface area contributed by atoms with Gasteiger partial charge in [0.1, 0.15) is 16.5 Å². The van der Waals surface area contributed by atoms with Crippen molar-refractivity contribution in [3.63, 3.8) is 0 Å². The molecule has 0 radical (unpaired) electrons. The predicted molar refractivity (Wildman–Crippen MR) is 110 cm³/mol. The maximum Gasteiger partial charge on any atom is 0.235 e. The van der Waals surface area contributed by atoms with Gasteiger partial charge in [-0.2, -0.15) is 14.7 Å². The van der Waals surface area contributed by atoms with Crippen molar-refractivity contribution in [2.24, 2.45) is 0 Å². The number of H-pyrrole nitrogens is 1. The van der Waals surface area contributed by atoms with Gasteiger partial charge in [-0.3, -0.25) is 5.10 Å². The molecule has 0 aliphatic heterocycles. The minimum absolute atomic E-state index is 0.293. The van der Waals surface area contributed by atoms with Gasteiger partial charge in [-0.15, -0.1) is 10.2 Å². The summed E-state index contributed by atoms with van der Waals surface area (Å²) in [5.41, 5.74) is 3.01. The number of hydrogen-bond donors (Lipinski definition) is 1. The van der Waals surface area contributed by atoms with Crippen LogP contribution < -0.4 is 9.47 Å². The van der Waals surface area contributed by atoms with Crippen LogP contribution in [0.1, 0.15) is 0 Å². The lowest BCUT2D eigenvalue weighted by Gasteiger charge is -2.07. The van der Waals surface area contributed by atoms with E-state index in [1.807, 2.05) is 24.3 Å². The third-order valence-corrected chi connectivity index (χ3v) is 5.53. The average Bonchev–Trinajstić information content (AvgIpc) is 3.49. The van der Waals surface area contributed by atoms with Gasteiger partial charge < -0.3 is 9.47 Å². The average molecular weight is 422 g/mol. The lowest BCUT2D eigenvalue weighted by atomic mass is 10.1. The molecule has 30 heavy (non-hydrogen) atoms. The minimum Gasteiger partial charge on any atom is -0.493 e. The molecule has 2 aromatic carbocycles. The van der Waals surface area contributed by atoms with Crippen molar-refractivity contribution in [2.45, 2.75) is 0 Å². The molecular formula is C20H15FN6O2S. The first-order valence-electron chi connectivity index (χ1n) is 8.92. The van der Waals surface area contributed by atoms with Crippen LogP contribution in [-0.2, 0) is 0 Å².